The van der Waals surface area contributed by atoms with Gasteiger partial charge in [-0.15, -0.1) is 0 Å². The lowest BCUT2D eigenvalue weighted by Gasteiger charge is -2.09. The van der Waals surface area contributed by atoms with Crippen LogP contribution in [0, 0.1) is 0 Å². The van der Waals surface area contributed by atoms with Crippen molar-refractivity contribution >= 4 is 38.8 Å². The van der Waals surface area contributed by atoms with Crippen LogP contribution in [0.25, 0.3) is 22.3 Å². The summed E-state index contributed by atoms with van der Waals surface area (Å²) >= 11 is 3.45. The van der Waals surface area contributed by atoms with Crippen LogP contribution >= 0.6 is 15.9 Å². The molecule has 6 nitrogen and oxygen atoms in total. The summed E-state index contributed by atoms with van der Waals surface area (Å²) in [4.78, 5) is 24.9. The van der Waals surface area contributed by atoms with E-state index < -0.39 is 11.9 Å². The summed E-state index contributed by atoms with van der Waals surface area (Å²) < 4.78 is 22.8. The molecule has 168 valence electrons. The minimum absolute atomic E-state index is 0.165. The molecule has 1 aromatic heterocycles. The molecule has 0 unspecified atom stereocenters. The van der Waals surface area contributed by atoms with Crippen molar-refractivity contribution in [3.05, 3.63) is 88.4 Å². The molecule has 0 radical (unpaired) electrons. The lowest BCUT2D eigenvalue weighted by atomic mass is 10.1. The smallest absolute Gasteiger partial charge is 0.344 e. The molecular formula is C26H21BrO6. The summed E-state index contributed by atoms with van der Waals surface area (Å²) in [7, 11) is 0. The van der Waals surface area contributed by atoms with E-state index >= 15 is 0 Å². The highest BCUT2D eigenvalue weighted by Gasteiger charge is 2.24. The Hall–Kier alpha value is -3.58. The summed E-state index contributed by atoms with van der Waals surface area (Å²) in [6, 6.07) is 22.1. The number of hydrogen-bond acceptors (Lipinski definition) is 6. The highest BCUT2D eigenvalue weighted by Crippen LogP contribution is 2.39. The molecule has 1 heterocycles. The predicted molar refractivity (Wildman–Crippen MR) is 127 cm³/mol. The summed E-state index contributed by atoms with van der Waals surface area (Å²) in [6.07, 6.45) is 0. The number of halogens is 1. The number of furan rings is 1. The lowest BCUT2D eigenvalue weighted by molar-refractivity contribution is -0.147. The van der Waals surface area contributed by atoms with Gasteiger partial charge in [-0.3, -0.25) is 0 Å². The zero-order valence-corrected chi connectivity index (χ0v) is 19.5. The van der Waals surface area contributed by atoms with E-state index in [0.29, 0.717) is 32.5 Å². The number of benzene rings is 3. The highest BCUT2D eigenvalue weighted by atomic mass is 79.9. The summed E-state index contributed by atoms with van der Waals surface area (Å²) in [5, 5.41) is 0.531. The molecule has 0 saturated heterocycles. The van der Waals surface area contributed by atoms with Crippen molar-refractivity contribution < 1.29 is 28.2 Å². The van der Waals surface area contributed by atoms with Crippen LogP contribution in [0.3, 0.4) is 0 Å². The van der Waals surface area contributed by atoms with Gasteiger partial charge in [0.15, 0.2) is 6.61 Å². The second-order valence-electron chi connectivity index (χ2n) is 7.11. The third-order valence-electron chi connectivity index (χ3n) is 4.85. The number of rotatable bonds is 8. The lowest BCUT2D eigenvalue weighted by Crippen LogP contribution is -2.15. The molecule has 0 atom stereocenters. The molecule has 0 saturated carbocycles. The standard InChI is InChI=1S/C26H21BrO6/c1-2-30-26(29)24-19-13-22(31-16-23(28)32-15-17-9-5-3-6-10-17)20(27)14-21(19)33-25(24)18-11-7-4-8-12-18/h3-14H,2,15-16H2,1H3. The van der Waals surface area contributed by atoms with E-state index in [-0.39, 0.29) is 19.8 Å². The van der Waals surface area contributed by atoms with E-state index in [9.17, 15) is 9.59 Å². The van der Waals surface area contributed by atoms with Gasteiger partial charge in [0.1, 0.15) is 29.3 Å². The topological polar surface area (TPSA) is 75.0 Å². The van der Waals surface area contributed by atoms with E-state index in [4.69, 9.17) is 18.6 Å². The molecule has 0 aliphatic heterocycles. The predicted octanol–water partition coefficient (Wildman–Crippen LogP) is 6.16. The molecule has 3 aromatic carbocycles. The molecule has 0 aliphatic rings. The minimum atomic E-state index is -0.506. The van der Waals surface area contributed by atoms with Gasteiger partial charge in [0.05, 0.1) is 11.1 Å². The van der Waals surface area contributed by atoms with Crippen molar-refractivity contribution in [2.24, 2.45) is 0 Å². The van der Waals surface area contributed by atoms with Crippen molar-refractivity contribution in [3.8, 4) is 17.1 Å². The van der Waals surface area contributed by atoms with Crippen LogP contribution in [0.5, 0.6) is 5.75 Å². The van der Waals surface area contributed by atoms with E-state index in [1.807, 2.05) is 60.7 Å². The van der Waals surface area contributed by atoms with Gasteiger partial charge < -0.3 is 18.6 Å². The first-order chi connectivity index (χ1) is 16.1. The van der Waals surface area contributed by atoms with Gasteiger partial charge in [-0.05, 0) is 40.5 Å². The van der Waals surface area contributed by atoms with Gasteiger partial charge in [-0.25, -0.2) is 9.59 Å². The number of fused-ring (bicyclic) bond motifs is 1. The minimum Gasteiger partial charge on any atom is -0.481 e. The molecule has 0 spiro atoms. The van der Waals surface area contributed by atoms with E-state index in [1.165, 1.54) is 0 Å². The Bertz CT molecular complexity index is 1260. The van der Waals surface area contributed by atoms with Crippen molar-refractivity contribution in [2.75, 3.05) is 13.2 Å². The molecule has 4 rings (SSSR count). The quantitative estimate of drug-likeness (QED) is 0.265. The summed E-state index contributed by atoms with van der Waals surface area (Å²) in [6.45, 7) is 1.86. The van der Waals surface area contributed by atoms with Crippen LogP contribution in [0.1, 0.15) is 22.8 Å². The Kier molecular flexibility index (Phi) is 7.10. The molecular weight excluding hydrogens is 488 g/mol. The van der Waals surface area contributed by atoms with Crippen LogP contribution in [0.15, 0.2) is 81.7 Å². The Labute approximate surface area is 199 Å². The second-order valence-corrected chi connectivity index (χ2v) is 7.96. The molecule has 4 aromatic rings. The van der Waals surface area contributed by atoms with E-state index in [1.54, 1.807) is 19.1 Å². The Balaban J connectivity index is 1.59. The third kappa shape index (κ3) is 5.26. The van der Waals surface area contributed by atoms with Crippen LogP contribution in [0.2, 0.25) is 0 Å². The van der Waals surface area contributed by atoms with Crippen LogP contribution in [-0.4, -0.2) is 25.2 Å². The molecule has 0 bridgehead atoms. The fourth-order valence-corrected chi connectivity index (χ4v) is 3.76. The fraction of sp³-hybridized carbons (Fsp3) is 0.154. The third-order valence-corrected chi connectivity index (χ3v) is 5.47. The number of carbonyl (C=O) groups excluding carboxylic acids is 2. The Morgan fingerprint density at radius 1 is 0.939 bits per heavy atom. The monoisotopic (exact) mass is 508 g/mol. The average Bonchev–Trinajstić information content (AvgIpc) is 3.21. The van der Waals surface area contributed by atoms with Crippen LogP contribution < -0.4 is 4.74 Å². The van der Waals surface area contributed by atoms with Crippen LogP contribution in [-0.2, 0) is 20.9 Å². The Morgan fingerprint density at radius 2 is 1.64 bits per heavy atom. The normalized spacial score (nSPS) is 10.7. The molecule has 0 fully saturated rings. The molecule has 33 heavy (non-hydrogen) atoms. The van der Waals surface area contributed by atoms with Gasteiger partial charge >= 0.3 is 11.9 Å². The molecule has 0 N–H and O–H groups in total. The molecule has 0 amide bonds. The second kappa shape index (κ2) is 10.4. The first kappa shape index (κ1) is 22.6. The van der Waals surface area contributed by atoms with E-state index in [0.717, 1.165) is 11.1 Å². The fourth-order valence-electron chi connectivity index (χ4n) is 3.32. The van der Waals surface area contributed by atoms with Crippen LogP contribution in [0.4, 0.5) is 0 Å². The van der Waals surface area contributed by atoms with Gasteiger partial charge in [-0.2, -0.15) is 0 Å². The van der Waals surface area contributed by atoms with Crippen molar-refractivity contribution in [1.82, 2.24) is 0 Å². The number of ether oxygens (including phenoxy) is 3. The largest absolute Gasteiger partial charge is 0.481 e. The maximum atomic E-state index is 12.8. The average molecular weight is 509 g/mol. The number of esters is 2. The van der Waals surface area contributed by atoms with Gasteiger partial charge in [0.25, 0.3) is 0 Å². The first-order valence-electron chi connectivity index (χ1n) is 10.4. The van der Waals surface area contributed by atoms with Gasteiger partial charge in [-0.1, -0.05) is 60.7 Å². The SMILES string of the molecule is CCOC(=O)c1c(-c2ccccc2)oc2cc(Br)c(OCC(=O)OCc3ccccc3)cc12. The number of carbonyl (C=O) groups is 2. The van der Waals surface area contributed by atoms with Gasteiger partial charge in [0, 0.05) is 10.9 Å². The van der Waals surface area contributed by atoms with E-state index in [2.05, 4.69) is 15.9 Å². The van der Waals surface area contributed by atoms with Crippen molar-refractivity contribution in [1.29, 1.82) is 0 Å². The summed E-state index contributed by atoms with van der Waals surface area (Å²) in [5.74, 6) is -0.209. The number of hydrogen-bond donors (Lipinski definition) is 0. The van der Waals surface area contributed by atoms with Crippen molar-refractivity contribution in [2.45, 2.75) is 13.5 Å². The maximum absolute atomic E-state index is 12.8. The molecule has 0 aliphatic carbocycles. The zero-order chi connectivity index (χ0) is 23.2. The first-order valence-corrected chi connectivity index (χ1v) is 11.2. The molecule has 7 heteroatoms. The summed E-state index contributed by atoms with van der Waals surface area (Å²) in [5.41, 5.74) is 2.43. The van der Waals surface area contributed by atoms with Gasteiger partial charge in [0.2, 0.25) is 0 Å². The van der Waals surface area contributed by atoms with Crippen molar-refractivity contribution in [3.63, 3.8) is 0 Å². The maximum Gasteiger partial charge on any atom is 0.344 e. The Morgan fingerprint density at radius 3 is 2.33 bits per heavy atom. The zero-order valence-electron chi connectivity index (χ0n) is 17.9. The highest BCUT2D eigenvalue weighted by molar-refractivity contribution is 9.10.